The highest BCUT2D eigenvalue weighted by Crippen LogP contribution is 2.21. The summed E-state index contributed by atoms with van der Waals surface area (Å²) < 4.78 is 26.6. The number of nitrogens with two attached hydrogens (primary N) is 1. The SMILES string of the molecule is Nc1nnc(NC(=O)c2cc(F)c(Cl)cc2F)s1. The molecule has 0 saturated carbocycles. The summed E-state index contributed by atoms with van der Waals surface area (Å²) in [4.78, 5) is 11.6. The number of carbonyl (C=O) groups excluding carboxylic acids is 1. The van der Waals surface area contributed by atoms with Crippen LogP contribution >= 0.6 is 22.9 Å². The third-order valence-electron chi connectivity index (χ3n) is 1.92. The first kappa shape index (κ1) is 12.7. The van der Waals surface area contributed by atoms with E-state index in [-0.39, 0.29) is 10.3 Å². The summed E-state index contributed by atoms with van der Waals surface area (Å²) in [6.07, 6.45) is 0. The molecule has 0 spiro atoms. The zero-order valence-electron chi connectivity index (χ0n) is 8.58. The molecule has 0 aliphatic rings. The second-order valence-corrected chi connectivity index (χ2v) is 4.56. The van der Waals surface area contributed by atoms with Crippen molar-refractivity contribution in [2.75, 3.05) is 11.1 Å². The molecule has 0 radical (unpaired) electrons. The molecule has 18 heavy (non-hydrogen) atoms. The molecule has 2 rings (SSSR count). The predicted molar refractivity (Wildman–Crippen MR) is 63.6 cm³/mol. The maximum absolute atomic E-state index is 13.4. The summed E-state index contributed by atoms with van der Waals surface area (Å²) in [5.41, 5.74) is 4.83. The zero-order valence-corrected chi connectivity index (χ0v) is 10.1. The van der Waals surface area contributed by atoms with E-state index < -0.39 is 28.1 Å². The van der Waals surface area contributed by atoms with Crippen LogP contribution in [0.1, 0.15) is 10.4 Å². The van der Waals surface area contributed by atoms with Gasteiger partial charge in [-0.15, -0.1) is 10.2 Å². The number of nitrogens with one attached hydrogen (secondary N) is 1. The Morgan fingerprint density at radius 1 is 1.33 bits per heavy atom. The third kappa shape index (κ3) is 2.54. The van der Waals surface area contributed by atoms with E-state index in [1.54, 1.807) is 0 Å². The molecule has 0 aliphatic carbocycles. The number of rotatable bonds is 2. The molecule has 0 fully saturated rings. The van der Waals surface area contributed by atoms with Gasteiger partial charge in [0, 0.05) is 0 Å². The minimum absolute atomic E-state index is 0.0901. The lowest BCUT2D eigenvalue weighted by Crippen LogP contribution is -2.14. The summed E-state index contributed by atoms with van der Waals surface area (Å²) in [5, 5.41) is 9.06. The molecular formula is C9H5ClF2N4OS. The lowest BCUT2D eigenvalue weighted by molar-refractivity contribution is 0.102. The molecule has 1 aromatic carbocycles. The van der Waals surface area contributed by atoms with Crippen molar-refractivity contribution in [1.29, 1.82) is 0 Å². The second-order valence-electron chi connectivity index (χ2n) is 3.15. The van der Waals surface area contributed by atoms with Crippen LogP contribution in [-0.4, -0.2) is 16.1 Å². The van der Waals surface area contributed by atoms with Crippen LogP contribution in [0.4, 0.5) is 19.0 Å². The van der Waals surface area contributed by atoms with E-state index in [0.717, 1.165) is 17.4 Å². The number of benzene rings is 1. The molecule has 0 atom stereocenters. The van der Waals surface area contributed by atoms with Crippen LogP contribution in [0.3, 0.4) is 0 Å². The molecule has 1 aromatic heterocycles. The number of nitrogens with zero attached hydrogens (tertiary/aromatic N) is 2. The van der Waals surface area contributed by atoms with Crippen molar-refractivity contribution in [3.8, 4) is 0 Å². The Kier molecular flexibility index (Phi) is 3.39. The summed E-state index contributed by atoms with van der Waals surface area (Å²) in [5.74, 6) is -2.68. The molecule has 5 nitrogen and oxygen atoms in total. The number of anilines is 2. The summed E-state index contributed by atoms with van der Waals surface area (Å²) in [6, 6.07) is 1.43. The fourth-order valence-electron chi connectivity index (χ4n) is 1.15. The van der Waals surface area contributed by atoms with Crippen LogP contribution in [0.2, 0.25) is 5.02 Å². The van der Waals surface area contributed by atoms with Crippen LogP contribution in [-0.2, 0) is 0 Å². The third-order valence-corrected chi connectivity index (χ3v) is 2.87. The van der Waals surface area contributed by atoms with Gasteiger partial charge in [0.15, 0.2) is 0 Å². The van der Waals surface area contributed by atoms with E-state index in [1.165, 1.54) is 0 Å². The fraction of sp³-hybridized carbons (Fsp3) is 0. The summed E-state index contributed by atoms with van der Waals surface area (Å²) >= 11 is 6.28. The van der Waals surface area contributed by atoms with E-state index in [2.05, 4.69) is 15.5 Å². The van der Waals surface area contributed by atoms with Crippen molar-refractivity contribution >= 4 is 39.1 Å². The first-order valence-electron chi connectivity index (χ1n) is 4.52. The molecule has 2 aromatic rings. The van der Waals surface area contributed by atoms with Gasteiger partial charge in [0.2, 0.25) is 10.3 Å². The highest BCUT2D eigenvalue weighted by atomic mass is 35.5. The molecule has 94 valence electrons. The van der Waals surface area contributed by atoms with E-state index in [9.17, 15) is 13.6 Å². The predicted octanol–water partition coefficient (Wildman–Crippen LogP) is 2.30. The average molecular weight is 291 g/mol. The Hall–Kier alpha value is -1.80. The van der Waals surface area contributed by atoms with Gasteiger partial charge in [-0.25, -0.2) is 8.78 Å². The Balaban J connectivity index is 2.26. The monoisotopic (exact) mass is 290 g/mol. The van der Waals surface area contributed by atoms with Crippen LogP contribution in [0.15, 0.2) is 12.1 Å². The van der Waals surface area contributed by atoms with Crippen molar-refractivity contribution in [3.05, 3.63) is 34.4 Å². The van der Waals surface area contributed by atoms with E-state index >= 15 is 0 Å². The first-order chi connectivity index (χ1) is 8.47. The van der Waals surface area contributed by atoms with Crippen molar-refractivity contribution in [2.24, 2.45) is 0 Å². The highest BCUT2D eigenvalue weighted by molar-refractivity contribution is 7.19. The number of aromatic nitrogens is 2. The maximum atomic E-state index is 13.4. The van der Waals surface area contributed by atoms with Gasteiger partial charge in [-0.2, -0.15) is 0 Å². The van der Waals surface area contributed by atoms with Gasteiger partial charge in [-0.05, 0) is 12.1 Å². The smallest absolute Gasteiger partial charge is 0.260 e. The van der Waals surface area contributed by atoms with Gasteiger partial charge < -0.3 is 5.73 Å². The lowest BCUT2D eigenvalue weighted by atomic mass is 10.2. The molecule has 0 aliphatic heterocycles. The molecule has 1 amide bonds. The van der Waals surface area contributed by atoms with Gasteiger partial charge in [-0.3, -0.25) is 10.1 Å². The number of carbonyl (C=O) groups is 1. The number of hydrogen-bond donors (Lipinski definition) is 2. The van der Waals surface area contributed by atoms with Gasteiger partial charge in [0.1, 0.15) is 11.6 Å². The molecule has 1 heterocycles. The number of halogens is 3. The molecule has 0 unspecified atom stereocenters. The fourth-order valence-corrected chi connectivity index (χ4v) is 1.80. The summed E-state index contributed by atoms with van der Waals surface area (Å²) in [7, 11) is 0. The molecule has 9 heteroatoms. The standard InChI is InChI=1S/C9H5ClF2N4OS/c10-4-2-5(11)3(1-6(4)12)7(17)14-9-16-15-8(13)18-9/h1-2H,(H2,13,15)(H,14,16,17). The number of hydrogen-bond acceptors (Lipinski definition) is 5. The van der Waals surface area contributed by atoms with E-state index in [4.69, 9.17) is 17.3 Å². The molecule has 3 N–H and O–H groups in total. The molecule has 0 saturated heterocycles. The Labute approximate surface area is 109 Å². The van der Waals surface area contributed by atoms with Crippen LogP contribution in [0.5, 0.6) is 0 Å². The average Bonchev–Trinajstić information content (AvgIpc) is 2.69. The van der Waals surface area contributed by atoms with Gasteiger partial charge >= 0.3 is 0 Å². The van der Waals surface area contributed by atoms with Gasteiger partial charge in [0.05, 0.1) is 10.6 Å². The Bertz CT molecular complexity index is 619. The number of nitrogen functional groups attached to an aromatic ring is 1. The van der Waals surface area contributed by atoms with Crippen LogP contribution in [0.25, 0.3) is 0 Å². The zero-order chi connectivity index (χ0) is 13.3. The van der Waals surface area contributed by atoms with Gasteiger partial charge in [0.25, 0.3) is 5.91 Å². The first-order valence-corrected chi connectivity index (χ1v) is 5.71. The van der Waals surface area contributed by atoms with Gasteiger partial charge in [-0.1, -0.05) is 22.9 Å². The van der Waals surface area contributed by atoms with E-state index in [1.807, 2.05) is 0 Å². The highest BCUT2D eigenvalue weighted by Gasteiger charge is 2.16. The van der Waals surface area contributed by atoms with Crippen LogP contribution < -0.4 is 11.1 Å². The maximum Gasteiger partial charge on any atom is 0.260 e. The van der Waals surface area contributed by atoms with E-state index in [0.29, 0.717) is 6.07 Å². The van der Waals surface area contributed by atoms with Crippen molar-refractivity contribution < 1.29 is 13.6 Å². The minimum atomic E-state index is -0.934. The Morgan fingerprint density at radius 3 is 2.67 bits per heavy atom. The largest absolute Gasteiger partial charge is 0.374 e. The second kappa shape index (κ2) is 4.83. The molecular weight excluding hydrogens is 286 g/mol. The normalized spacial score (nSPS) is 10.4. The van der Waals surface area contributed by atoms with Crippen molar-refractivity contribution in [3.63, 3.8) is 0 Å². The van der Waals surface area contributed by atoms with Crippen molar-refractivity contribution in [2.45, 2.75) is 0 Å². The topological polar surface area (TPSA) is 80.9 Å². The lowest BCUT2D eigenvalue weighted by Gasteiger charge is -2.03. The minimum Gasteiger partial charge on any atom is -0.374 e. The summed E-state index contributed by atoms with van der Waals surface area (Å²) in [6.45, 7) is 0. The molecule has 0 bridgehead atoms. The van der Waals surface area contributed by atoms with Crippen molar-refractivity contribution in [1.82, 2.24) is 10.2 Å². The van der Waals surface area contributed by atoms with Crippen LogP contribution in [0, 0.1) is 11.6 Å². The number of amides is 1. The quantitative estimate of drug-likeness (QED) is 0.832. The Morgan fingerprint density at radius 2 is 2.06 bits per heavy atom.